The predicted molar refractivity (Wildman–Crippen MR) is 85.9 cm³/mol. The van der Waals surface area contributed by atoms with E-state index in [1.807, 2.05) is 37.3 Å². The predicted octanol–water partition coefficient (Wildman–Crippen LogP) is 2.41. The van der Waals surface area contributed by atoms with Gasteiger partial charge in [-0.2, -0.15) is 0 Å². The Balaban J connectivity index is 1.83. The van der Waals surface area contributed by atoms with Gasteiger partial charge in [0.15, 0.2) is 0 Å². The molecule has 0 aliphatic rings. The molecule has 2 N–H and O–H groups in total. The number of aromatic amines is 1. The molecule has 0 unspecified atom stereocenters. The summed E-state index contributed by atoms with van der Waals surface area (Å²) in [6.07, 6.45) is 0.0222. The molecule has 0 aliphatic heterocycles. The average molecular weight is 293 g/mol. The van der Waals surface area contributed by atoms with Gasteiger partial charge in [0.05, 0.1) is 17.3 Å². The van der Waals surface area contributed by atoms with Gasteiger partial charge in [0.2, 0.25) is 5.91 Å². The number of carbonyl (C=O) groups excluding carboxylic acids is 1. The van der Waals surface area contributed by atoms with E-state index < -0.39 is 0 Å². The van der Waals surface area contributed by atoms with Gasteiger partial charge in [0, 0.05) is 5.69 Å². The van der Waals surface area contributed by atoms with E-state index in [0.717, 1.165) is 11.3 Å². The Kier molecular flexibility index (Phi) is 3.70. The van der Waals surface area contributed by atoms with Gasteiger partial charge in [0.1, 0.15) is 5.82 Å². The van der Waals surface area contributed by atoms with E-state index in [1.54, 1.807) is 18.2 Å². The number of carbonyl (C=O) groups is 1. The van der Waals surface area contributed by atoms with Crippen molar-refractivity contribution in [1.29, 1.82) is 0 Å². The van der Waals surface area contributed by atoms with Crippen LogP contribution in [0.4, 0.5) is 5.69 Å². The summed E-state index contributed by atoms with van der Waals surface area (Å²) in [5.74, 6) is 0.141. The summed E-state index contributed by atoms with van der Waals surface area (Å²) >= 11 is 0. The molecule has 3 rings (SSSR count). The zero-order valence-electron chi connectivity index (χ0n) is 12.1. The second-order valence-corrected chi connectivity index (χ2v) is 5.07. The van der Waals surface area contributed by atoms with Crippen LogP contribution in [0, 0.1) is 6.92 Å². The van der Waals surface area contributed by atoms with Gasteiger partial charge in [-0.05, 0) is 30.7 Å². The zero-order chi connectivity index (χ0) is 15.5. The van der Waals surface area contributed by atoms with Crippen molar-refractivity contribution in [2.75, 3.05) is 5.32 Å². The molecule has 0 radical (unpaired) electrons. The van der Waals surface area contributed by atoms with Gasteiger partial charge in [0.25, 0.3) is 5.56 Å². The fourth-order valence-electron chi connectivity index (χ4n) is 2.28. The van der Waals surface area contributed by atoms with Crippen LogP contribution in [0.3, 0.4) is 0 Å². The van der Waals surface area contributed by atoms with Crippen LogP contribution in [0.15, 0.2) is 53.3 Å². The van der Waals surface area contributed by atoms with Crippen LogP contribution in [-0.4, -0.2) is 15.9 Å². The summed E-state index contributed by atoms with van der Waals surface area (Å²) in [6, 6.07) is 14.6. The Morgan fingerprint density at radius 1 is 1.14 bits per heavy atom. The molecule has 0 saturated heterocycles. The number of benzene rings is 2. The minimum Gasteiger partial charge on any atom is -0.325 e. The van der Waals surface area contributed by atoms with Crippen LogP contribution in [-0.2, 0) is 11.2 Å². The lowest BCUT2D eigenvalue weighted by Crippen LogP contribution is -2.20. The van der Waals surface area contributed by atoms with Crippen LogP contribution in [0.1, 0.15) is 11.4 Å². The van der Waals surface area contributed by atoms with Gasteiger partial charge >= 0.3 is 0 Å². The Morgan fingerprint density at radius 2 is 1.86 bits per heavy atom. The number of rotatable bonds is 3. The molecule has 0 spiro atoms. The molecule has 0 fully saturated rings. The third kappa shape index (κ3) is 2.88. The number of fused-ring (bicyclic) bond motifs is 1. The average Bonchev–Trinajstić information content (AvgIpc) is 2.49. The Morgan fingerprint density at radius 3 is 2.68 bits per heavy atom. The van der Waals surface area contributed by atoms with E-state index in [9.17, 15) is 9.59 Å². The number of para-hydroxylation sites is 2. The number of hydrogen-bond acceptors (Lipinski definition) is 3. The highest BCUT2D eigenvalue weighted by atomic mass is 16.1. The second kappa shape index (κ2) is 5.81. The van der Waals surface area contributed by atoms with E-state index in [0.29, 0.717) is 16.7 Å². The molecule has 1 aromatic heterocycles. The summed E-state index contributed by atoms with van der Waals surface area (Å²) in [4.78, 5) is 31.1. The van der Waals surface area contributed by atoms with Crippen molar-refractivity contribution in [1.82, 2.24) is 9.97 Å². The highest BCUT2D eigenvalue weighted by Gasteiger charge is 2.09. The van der Waals surface area contributed by atoms with Crippen molar-refractivity contribution >= 4 is 22.5 Å². The molecule has 0 bridgehead atoms. The minimum absolute atomic E-state index is 0.0222. The fraction of sp³-hybridized carbons (Fsp3) is 0.118. The summed E-state index contributed by atoms with van der Waals surface area (Å²) in [6.45, 7) is 1.92. The van der Waals surface area contributed by atoms with Crippen molar-refractivity contribution in [2.24, 2.45) is 0 Å². The molecular weight excluding hydrogens is 278 g/mol. The first-order chi connectivity index (χ1) is 10.6. The lowest BCUT2D eigenvalue weighted by atomic mass is 10.2. The number of H-pyrrole nitrogens is 1. The SMILES string of the molecule is Cc1ccccc1NC(=O)Cc1nc2ccccc2c(=O)[nH]1. The molecule has 2 aromatic carbocycles. The maximum absolute atomic E-state index is 12.1. The quantitative estimate of drug-likeness (QED) is 0.778. The Hall–Kier alpha value is -2.95. The summed E-state index contributed by atoms with van der Waals surface area (Å²) in [5.41, 5.74) is 2.10. The van der Waals surface area contributed by atoms with Crippen molar-refractivity contribution in [2.45, 2.75) is 13.3 Å². The molecule has 3 aromatic rings. The van der Waals surface area contributed by atoms with Crippen LogP contribution >= 0.6 is 0 Å². The topological polar surface area (TPSA) is 74.8 Å². The van der Waals surface area contributed by atoms with Crippen molar-refractivity contribution in [3.63, 3.8) is 0 Å². The minimum atomic E-state index is -0.232. The lowest BCUT2D eigenvalue weighted by Gasteiger charge is -2.08. The van der Waals surface area contributed by atoms with Gasteiger partial charge in [-0.15, -0.1) is 0 Å². The number of aromatic nitrogens is 2. The maximum Gasteiger partial charge on any atom is 0.258 e. The fourth-order valence-corrected chi connectivity index (χ4v) is 2.28. The lowest BCUT2D eigenvalue weighted by molar-refractivity contribution is -0.115. The zero-order valence-corrected chi connectivity index (χ0v) is 12.1. The monoisotopic (exact) mass is 293 g/mol. The van der Waals surface area contributed by atoms with Crippen LogP contribution < -0.4 is 10.9 Å². The Labute approximate surface area is 127 Å². The van der Waals surface area contributed by atoms with Crippen molar-refractivity contribution in [3.05, 3.63) is 70.3 Å². The first-order valence-electron chi connectivity index (χ1n) is 6.97. The third-order valence-corrected chi connectivity index (χ3v) is 3.41. The molecule has 5 nitrogen and oxygen atoms in total. The van der Waals surface area contributed by atoms with E-state index in [1.165, 1.54) is 0 Å². The number of amides is 1. The summed E-state index contributed by atoms with van der Waals surface area (Å²) in [7, 11) is 0. The molecule has 0 aliphatic carbocycles. The van der Waals surface area contributed by atoms with E-state index >= 15 is 0 Å². The number of hydrogen-bond donors (Lipinski definition) is 2. The smallest absolute Gasteiger partial charge is 0.258 e. The summed E-state index contributed by atoms with van der Waals surface area (Å²) < 4.78 is 0. The van der Waals surface area contributed by atoms with Crippen molar-refractivity contribution in [3.8, 4) is 0 Å². The Bertz CT molecular complexity index is 900. The summed E-state index contributed by atoms with van der Waals surface area (Å²) in [5, 5.41) is 3.34. The number of nitrogens with one attached hydrogen (secondary N) is 2. The molecule has 110 valence electrons. The normalized spacial score (nSPS) is 10.6. The highest BCUT2D eigenvalue weighted by molar-refractivity contribution is 5.92. The van der Waals surface area contributed by atoms with Crippen LogP contribution in [0.2, 0.25) is 0 Å². The molecule has 5 heteroatoms. The molecule has 22 heavy (non-hydrogen) atoms. The molecule has 1 amide bonds. The highest BCUT2D eigenvalue weighted by Crippen LogP contribution is 2.13. The van der Waals surface area contributed by atoms with Gasteiger partial charge in [-0.1, -0.05) is 30.3 Å². The van der Waals surface area contributed by atoms with Crippen molar-refractivity contribution < 1.29 is 4.79 Å². The van der Waals surface area contributed by atoms with E-state index in [-0.39, 0.29) is 17.9 Å². The first-order valence-corrected chi connectivity index (χ1v) is 6.97. The first kappa shape index (κ1) is 14.0. The van der Waals surface area contributed by atoms with E-state index in [4.69, 9.17) is 0 Å². The number of anilines is 1. The van der Waals surface area contributed by atoms with Crippen LogP contribution in [0.25, 0.3) is 10.9 Å². The number of aryl methyl sites for hydroxylation is 1. The maximum atomic E-state index is 12.1. The molecular formula is C17H15N3O2. The standard InChI is InChI=1S/C17H15N3O2/c1-11-6-2-4-8-13(11)19-16(21)10-15-18-14-9-5-3-7-12(14)17(22)20-15/h2-9H,10H2,1H3,(H,19,21)(H,18,20,22). The van der Waals surface area contributed by atoms with E-state index in [2.05, 4.69) is 15.3 Å². The van der Waals surface area contributed by atoms with Gasteiger partial charge in [-0.3, -0.25) is 9.59 Å². The largest absolute Gasteiger partial charge is 0.325 e. The molecule has 0 saturated carbocycles. The van der Waals surface area contributed by atoms with Gasteiger partial charge < -0.3 is 10.3 Å². The van der Waals surface area contributed by atoms with Crippen LogP contribution in [0.5, 0.6) is 0 Å². The number of nitrogens with zero attached hydrogens (tertiary/aromatic N) is 1. The second-order valence-electron chi connectivity index (χ2n) is 5.07. The molecule has 1 heterocycles. The van der Waals surface area contributed by atoms with Gasteiger partial charge in [-0.25, -0.2) is 4.98 Å². The third-order valence-electron chi connectivity index (χ3n) is 3.41. The molecule has 0 atom stereocenters.